The maximum Gasteiger partial charge on any atom is 0.410 e. The van der Waals surface area contributed by atoms with Crippen molar-refractivity contribution in [1.29, 1.82) is 0 Å². The molecule has 0 fully saturated rings. The van der Waals surface area contributed by atoms with Crippen LogP contribution in [-0.4, -0.2) is 60.0 Å². The number of amides is 2. The van der Waals surface area contributed by atoms with Crippen LogP contribution in [-0.2, 0) is 14.3 Å². The van der Waals surface area contributed by atoms with E-state index in [0.717, 1.165) is 27.2 Å². The maximum absolute atomic E-state index is 12.7. The number of ether oxygens (including phenoxy) is 2. The number of alkyl carbamates (subject to hydrolysis) is 1. The molecule has 3 rings (SSSR count). The Labute approximate surface area is 193 Å². The summed E-state index contributed by atoms with van der Waals surface area (Å²) in [5, 5.41) is 11.8. The Kier molecular flexibility index (Phi) is 7.58. The van der Waals surface area contributed by atoms with E-state index >= 15 is 0 Å². The van der Waals surface area contributed by atoms with Crippen LogP contribution in [0.4, 0.5) is 9.59 Å². The third kappa shape index (κ3) is 6.47. The lowest BCUT2D eigenvalue weighted by Gasteiger charge is -2.22. The quantitative estimate of drug-likeness (QED) is 0.578. The Morgan fingerprint density at radius 3 is 2.12 bits per heavy atom. The van der Waals surface area contributed by atoms with Gasteiger partial charge in [-0.3, -0.25) is 9.69 Å². The van der Waals surface area contributed by atoms with Gasteiger partial charge in [-0.05, 0) is 49.4 Å². The largest absolute Gasteiger partial charge is 0.480 e. The lowest BCUT2D eigenvalue weighted by atomic mass is 9.98. The molecule has 2 aromatic rings. The highest BCUT2D eigenvalue weighted by atomic mass is 16.6. The predicted octanol–water partition coefficient (Wildman–Crippen LogP) is 4.24. The van der Waals surface area contributed by atoms with E-state index in [-0.39, 0.29) is 25.6 Å². The van der Waals surface area contributed by atoms with Crippen molar-refractivity contribution in [3.8, 4) is 11.1 Å². The number of hydrogen-bond acceptors (Lipinski definition) is 5. The minimum atomic E-state index is -1.14. The molecule has 0 spiro atoms. The summed E-state index contributed by atoms with van der Waals surface area (Å²) in [7, 11) is 0. The minimum Gasteiger partial charge on any atom is -0.480 e. The topological polar surface area (TPSA) is 105 Å². The highest BCUT2D eigenvalue weighted by molar-refractivity contribution is 5.79. The van der Waals surface area contributed by atoms with E-state index in [1.165, 1.54) is 0 Å². The molecule has 0 aliphatic heterocycles. The second-order valence-electron chi connectivity index (χ2n) is 8.90. The van der Waals surface area contributed by atoms with Crippen LogP contribution in [0.25, 0.3) is 11.1 Å². The predicted molar refractivity (Wildman–Crippen MR) is 123 cm³/mol. The molecule has 0 aromatic heterocycles. The second-order valence-corrected chi connectivity index (χ2v) is 8.90. The number of carbonyl (C=O) groups is 3. The van der Waals surface area contributed by atoms with Gasteiger partial charge in [-0.25, -0.2) is 9.59 Å². The molecule has 176 valence electrons. The van der Waals surface area contributed by atoms with Crippen LogP contribution in [0.15, 0.2) is 48.5 Å². The lowest BCUT2D eigenvalue weighted by Crippen LogP contribution is -2.39. The molecule has 0 radical (unpaired) electrons. The summed E-state index contributed by atoms with van der Waals surface area (Å²) in [5.41, 5.74) is 3.78. The van der Waals surface area contributed by atoms with Crippen molar-refractivity contribution in [2.75, 3.05) is 26.2 Å². The first-order valence-corrected chi connectivity index (χ1v) is 10.9. The molecule has 33 heavy (non-hydrogen) atoms. The molecular formula is C25H30N2O6. The number of aliphatic carboxylic acids is 1. The zero-order valence-corrected chi connectivity index (χ0v) is 19.2. The second kappa shape index (κ2) is 10.4. The van der Waals surface area contributed by atoms with Crippen LogP contribution in [0.2, 0.25) is 0 Å². The van der Waals surface area contributed by atoms with Crippen LogP contribution in [0.1, 0.15) is 44.2 Å². The average Bonchev–Trinajstić information content (AvgIpc) is 3.06. The fraction of sp³-hybridized carbons (Fsp3) is 0.400. The lowest BCUT2D eigenvalue weighted by molar-refractivity contribution is -0.138. The third-order valence-electron chi connectivity index (χ3n) is 5.19. The van der Waals surface area contributed by atoms with Crippen molar-refractivity contribution in [3.63, 3.8) is 0 Å². The molecule has 0 atom stereocenters. The van der Waals surface area contributed by atoms with Crippen molar-refractivity contribution < 1.29 is 29.0 Å². The SMILES string of the molecule is CC(C)(C)OC(=O)NCCCN(CC(=O)O)C(=O)OCC1c2ccccc2-c2ccccc21. The molecule has 2 N–H and O–H groups in total. The molecule has 8 nitrogen and oxygen atoms in total. The van der Waals surface area contributed by atoms with Crippen LogP contribution in [0.5, 0.6) is 0 Å². The van der Waals surface area contributed by atoms with Gasteiger partial charge in [-0.2, -0.15) is 0 Å². The molecule has 8 heteroatoms. The fourth-order valence-electron chi connectivity index (χ4n) is 3.86. The summed E-state index contributed by atoms with van der Waals surface area (Å²) in [6.45, 7) is 5.28. The van der Waals surface area contributed by atoms with Gasteiger partial charge >= 0.3 is 18.2 Å². The number of nitrogens with zero attached hydrogens (tertiary/aromatic N) is 1. The zero-order valence-electron chi connectivity index (χ0n) is 19.2. The first kappa shape index (κ1) is 24.1. The Balaban J connectivity index is 1.57. The molecule has 0 saturated heterocycles. The number of nitrogens with one attached hydrogen (secondary N) is 1. The van der Waals surface area contributed by atoms with Crippen LogP contribution >= 0.6 is 0 Å². The molecule has 2 amide bonds. The molecule has 0 bridgehead atoms. The Morgan fingerprint density at radius 1 is 1.00 bits per heavy atom. The molecular weight excluding hydrogens is 424 g/mol. The summed E-state index contributed by atoms with van der Waals surface area (Å²) in [6, 6.07) is 16.0. The van der Waals surface area contributed by atoms with E-state index in [2.05, 4.69) is 5.32 Å². The van der Waals surface area contributed by atoms with Crippen molar-refractivity contribution in [1.82, 2.24) is 10.2 Å². The molecule has 2 aromatic carbocycles. The number of carbonyl (C=O) groups excluding carboxylic acids is 2. The van der Waals surface area contributed by atoms with E-state index < -0.39 is 30.3 Å². The van der Waals surface area contributed by atoms with Crippen molar-refractivity contribution in [2.24, 2.45) is 0 Å². The van der Waals surface area contributed by atoms with Crippen LogP contribution < -0.4 is 5.32 Å². The van der Waals surface area contributed by atoms with E-state index in [9.17, 15) is 19.5 Å². The smallest absolute Gasteiger partial charge is 0.410 e. The van der Waals surface area contributed by atoms with Gasteiger partial charge in [0.2, 0.25) is 0 Å². The minimum absolute atomic E-state index is 0.109. The average molecular weight is 455 g/mol. The Hall–Kier alpha value is -3.55. The number of carboxylic acid groups (broad SMARTS) is 1. The standard InChI is InChI=1S/C25H30N2O6/c1-25(2,3)33-23(30)26-13-8-14-27(15-22(28)29)24(31)32-16-21-19-11-6-4-9-17(19)18-10-5-7-12-20(18)21/h4-7,9-12,21H,8,13-16H2,1-3H3,(H,26,30)(H,28,29). The van der Waals surface area contributed by atoms with E-state index in [4.69, 9.17) is 9.47 Å². The van der Waals surface area contributed by atoms with Gasteiger partial charge in [-0.15, -0.1) is 0 Å². The van der Waals surface area contributed by atoms with Gasteiger partial charge < -0.3 is 19.9 Å². The Morgan fingerprint density at radius 2 is 1.58 bits per heavy atom. The zero-order chi connectivity index (χ0) is 24.0. The fourth-order valence-corrected chi connectivity index (χ4v) is 3.86. The number of hydrogen-bond donors (Lipinski definition) is 2. The summed E-state index contributed by atoms with van der Waals surface area (Å²) in [4.78, 5) is 36.8. The number of carboxylic acids is 1. The van der Waals surface area contributed by atoms with E-state index in [0.29, 0.717) is 6.42 Å². The van der Waals surface area contributed by atoms with Gasteiger partial charge in [-0.1, -0.05) is 48.5 Å². The summed E-state index contributed by atoms with van der Waals surface area (Å²) >= 11 is 0. The highest BCUT2D eigenvalue weighted by Gasteiger charge is 2.30. The van der Waals surface area contributed by atoms with E-state index in [1.54, 1.807) is 20.8 Å². The van der Waals surface area contributed by atoms with Crippen LogP contribution in [0, 0.1) is 0 Å². The molecule has 0 unspecified atom stereocenters. The third-order valence-corrected chi connectivity index (χ3v) is 5.19. The molecule has 0 saturated carbocycles. The first-order valence-electron chi connectivity index (χ1n) is 10.9. The molecule has 1 aliphatic rings. The molecule has 0 heterocycles. The van der Waals surface area contributed by atoms with E-state index in [1.807, 2.05) is 48.5 Å². The normalized spacial score (nSPS) is 12.5. The number of benzene rings is 2. The summed E-state index contributed by atoms with van der Waals surface area (Å²) < 4.78 is 10.7. The van der Waals surface area contributed by atoms with Gasteiger partial charge in [0, 0.05) is 19.0 Å². The number of fused-ring (bicyclic) bond motifs is 3. The molecule has 1 aliphatic carbocycles. The highest BCUT2D eigenvalue weighted by Crippen LogP contribution is 2.44. The Bertz CT molecular complexity index is 968. The van der Waals surface area contributed by atoms with Crippen molar-refractivity contribution >= 4 is 18.2 Å². The van der Waals surface area contributed by atoms with Crippen molar-refractivity contribution in [3.05, 3.63) is 59.7 Å². The van der Waals surface area contributed by atoms with Crippen molar-refractivity contribution in [2.45, 2.75) is 38.7 Å². The summed E-state index contributed by atoms with van der Waals surface area (Å²) in [5.74, 6) is -1.24. The van der Waals surface area contributed by atoms with Gasteiger partial charge in [0.15, 0.2) is 0 Å². The van der Waals surface area contributed by atoms with Crippen LogP contribution in [0.3, 0.4) is 0 Å². The van der Waals surface area contributed by atoms with Gasteiger partial charge in [0.25, 0.3) is 0 Å². The summed E-state index contributed by atoms with van der Waals surface area (Å²) in [6.07, 6.45) is -0.901. The van der Waals surface area contributed by atoms with Gasteiger partial charge in [0.1, 0.15) is 18.8 Å². The van der Waals surface area contributed by atoms with Gasteiger partial charge in [0.05, 0.1) is 0 Å². The number of rotatable bonds is 8. The first-order chi connectivity index (χ1) is 15.7. The monoisotopic (exact) mass is 454 g/mol. The maximum atomic E-state index is 12.7.